The van der Waals surface area contributed by atoms with Gasteiger partial charge in [0.25, 0.3) is 0 Å². The van der Waals surface area contributed by atoms with Crippen LogP contribution >= 0.6 is 0 Å². The van der Waals surface area contributed by atoms with Crippen LogP contribution in [-0.4, -0.2) is 213 Å². The maximum Gasteiger partial charge on any atom is 0.187 e. The highest BCUT2D eigenvalue weighted by Crippen LogP contribution is 2.44. The lowest BCUT2D eigenvalue weighted by Gasteiger charge is -2.50. The van der Waals surface area contributed by atoms with Crippen LogP contribution in [0.5, 0.6) is 0 Å². The minimum atomic E-state index is -1.78. The summed E-state index contributed by atoms with van der Waals surface area (Å²) in [5.41, 5.74) is 0. The minimum Gasteiger partial charge on any atom is -0.427 e. The first-order valence-corrected chi connectivity index (χ1v) is 18.8. The van der Waals surface area contributed by atoms with Crippen molar-refractivity contribution < 1.29 is 94.8 Å². The number of aliphatic hydroxyl groups excluding tert-OH is 13. The van der Waals surface area contributed by atoms with Crippen LogP contribution in [0.3, 0.4) is 0 Å². The van der Waals surface area contributed by atoms with Crippen molar-refractivity contribution in [3.63, 3.8) is 0 Å². The molecule has 0 bridgehead atoms. The maximum atomic E-state index is 11.1. The average molecular weight is 772 g/mol. The lowest BCUT2D eigenvalue weighted by atomic mass is 9.72. The number of fused-ring (bicyclic) bond motifs is 1. The molecule has 3 saturated carbocycles. The molecule has 0 aromatic carbocycles. The Labute approximate surface area is 306 Å². The smallest absolute Gasteiger partial charge is 0.187 e. The second-order valence-corrected chi connectivity index (χ2v) is 16.0. The Kier molecular flexibility index (Phi) is 13.7. The first-order chi connectivity index (χ1) is 25.1. The van der Waals surface area contributed by atoms with Crippen molar-refractivity contribution in [3.05, 3.63) is 0 Å². The number of aliphatic hydroxyl groups is 15. The molecule has 6 fully saturated rings. The normalized spacial score (nSPS) is 55.4. The summed E-state index contributed by atoms with van der Waals surface area (Å²) in [6, 6.07) is 0. The molecular formula is C34H59O19+. The number of hydrogen-bond acceptors (Lipinski definition) is 18. The van der Waals surface area contributed by atoms with Crippen LogP contribution in [0.25, 0.3) is 0 Å². The third-order valence-electron chi connectivity index (χ3n) is 12.4. The van der Waals surface area contributed by atoms with Crippen LogP contribution in [0.1, 0.15) is 51.9 Å². The van der Waals surface area contributed by atoms with Crippen molar-refractivity contribution in [2.75, 3.05) is 13.2 Å². The van der Waals surface area contributed by atoms with E-state index in [-0.39, 0.29) is 38.0 Å². The van der Waals surface area contributed by atoms with Gasteiger partial charge in [0.1, 0.15) is 61.0 Å². The fourth-order valence-electron chi connectivity index (χ4n) is 9.14. The van der Waals surface area contributed by atoms with Crippen molar-refractivity contribution in [1.29, 1.82) is 0 Å². The molecule has 0 amide bonds. The predicted molar refractivity (Wildman–Crippen MR) is 174 cm³/mol. The Morgan fingerprint density at radius 1 is 0.585 bits per heavy atom. The summed E-state index contributed by atoms with van der Waals surface area (Å²) >= 11 is 0. The van der Waals surface area contributed by atoms with Gasteiger partial charge in [-0.25, -0.2) is 0 Å². The van der Waals surface area contributed by atoms with E-state index in [0.29, 0.717) is 12.8 Å². The standard InChI is InChI=1S/C34H58O19/c1-11-23(39)27(43)30(46)33(49-11)48-10-22-26(42)29(45)31(47)34(53-22)52-21-8-15-18(50-20-5-13(9-35)24(40)28(44)25(20)41)6-14(36)7-19(15)51-32(21)12-2-3-16(37)17(38)4-12/h11-47H,2-10H2,1H3/p+1. The summed E-state index contributed by atoms with van der Waals surface area (Å²) in [6.45, 7) is 0.520. The lowest BCUT2D eigenvalue weighted by Crippen LogP contribution is -2.64. The van der Waals surface area contributed by atoms with Gasteiger partial charge in [0.2, 0.25) is 0 Å². The van der Waals surface area contributed by atoms with Crippen molar-refractivity contribution in [2.45, 2.75) is 180 Å². The molecule has 308 valence electrons. The molecule has 0 aromatic rings. The molecule has 0 aromatic heterocycles. The lowest BCUT2D eigenvalue weighted by molar-refractivity contribution is -0.364. The van der Waals surface area contributed by atoms with Gasteiger partial charge >= 0.3 is 0 Å². The van der Waals surface area contributed by atoms with Crippen LogP contribution < -0.4 is 0 Å². The Bertz CT molecular complexity index is 1170. The van der Waals surface area contributed by atoms with E-state index in [4.69, 9.17) is 28.4 Å². The van der Waals surface area contributed by atoms with Gasteiger partial charge in [-0.15, -0.1) is 0 Å². The first-order valence-electron chi connectivity index (χ1n) is 18.8. The third kappa shape index (κ3) is 8.74. The first kappa shape index (κ1) is 41.9. The topological polar surface area (TPSA) is 322 Å². The number of ether oxygens (including phenoxy) is 6. The largest absolute Gasteiger partial charge is 0.427 e. The maximum absolute atomic E-state index is 11.1. The summed E-state index contributed by atoms with van der Waals surface area (Å²) in [7, 11) is 0. The summed E-state index contributed by atoms with van der Waals surface area (Å²) in [6.07, 6.45) is -24.3. The minimum absolute atomic E-state index is 0.0367. The van der Waals surface area contributed by atoms with Gasteiger partial charge < -0.3 is 94.8 Å². The van der Waals surface area contributed by atoms with Crippen LogP contribution in [0, 0.1) is 17.8 Å². The monoisotopic (exact) mass is 771 g/mol. The second-order valence-electron chi connectivity index (χ2n) is 16.0. The van der Waals surface area contributed by atoms with E-state index in [1.807, 2.05) is 0 Å². The number of rotatable bonds is 9. The van der Waals surface area contributed by atoms with Gasteiger partial charge in [0, 0.05) is 31.3 Å². The molecule has 3 aliphatic carbocycles. The molecule has 3 saturated heterocycles. The number of hydrogen-bond donors (Lipinski definition) is 13. The molecule has 3 heterocycles. The molecule has 6 rings (SSSR count). The quantitative estimate of drug-likeness (QED) is 0.0970. The fourth-order valence-corrected chi connectivity index (χ4v) is 9.14. The Hall–Kier alpha value is -0.760. The molecular weight excluding hydrogens is 712 g/mol. The van der Waals surface area contributed by atoms with Crippen LogP contribution in [0.15, 0.2) is 0 Å². The fraction of sp³-hybridized carbons (Fsp3) is 1.00. The molecule has 0 spiro atoms. The van der Waals surface area contributed by atoms with E-state index in [9.17, 15) is 66.4 Å². The molecule has 3 aliphatic heterocycles. The van der Waals surface area contributed by atoms with Gasteiger partial charge in [-0.05, 0) is 39.0 Å². The predicted octanol–water partition coefficient (Wildman–Crippen LogP) is -6.17. The average Bonchev–Trinajstić information content (AvgIpc) is 3.13. The third-order valence-corrected chi connectivity index (χ3v) is 12.4. The molecule has 24 unspecified atom stereocenters. The second kappa shape index (κ2) is 17.4. The van der Waals surface area contributed by atoms with E-state index in [1.54, 1.807) is 0 Å². The van der Waals surface area contributed by atoms with Crippen molar-refractivity contribution in [1.82, 2.24) is 0 Å². The Balaban J connectivity index is 1.20. The van der Waals surface area contributed by atoms with Crippen LogP contribution in [0.2, 0.25) is 0 Å². The zero-order valence-electron chi connectivity index (χ0n) is 29.5. The molecule has 6 aliphatic rings. The molecule has 0 radical (unpaired) electrons. The highest BCUT2D eigenvalue weighted by atomic mass is 16.7. The van der Waals surface area contributed by atoms with Gasteiger partial charge in [-0.3, -0.25) is 0 Å². The highest BCUT2D eigenvalue weighted by Gasteiger charge is 2.56. The van der Waals surface area contributed by atoms with Gasteiger partial charge in [-0.2, -0.15) is 0 Å². The molecule has 53 heavy (non-hydrogen) atoms. The molecule has 19 nitrogen and oxygen atoms in total. The van der Waals surface area contributed by atoms with Crippen molar-refractivity contribution >= 4 is 0 Å². The zero-order chi connectivity index (χ0) is 38.5. The van der Waals surface area contributed by atoms with E-state index in [0.717, 1.165) is 0 Å². The molecule has 14 N–H and O–H groups in total. The van der Waals surface area contributed by atoms with E-state index < -0.39 is 154 Å². The molecule has 24 atom stereocenters. The van der Waals surface area contributed by atoms with E-state index >= 15 is 0 Å². The van der Waals surface area contributed by atoms with E-state index in [1.165, 1.54) is 6.92 Å². The van der Waals surface area contributed by atoms with Gasteiger partial charge in [-0.1, -0.05) is 0 Å². The van der Waals surface area contributed by atoms with Gasteiger partial charge in [0.05, 0.1) is 55.3 Å². The van der Waals surface area contributed by atoms with Crippen molar-refractivity contribution in [3.8, 4) is 0 Å². The van der Waals surface area contributed by atoms with E-state index in [2.05, 4.69) is 0 Å². The summed E-state index contributed by atoms with van der Waals surface area (Å²) in [5.74, 6) is -1.50. The van der Waals surface area contributed by atoms with Crippen LogP contribution in [-0.2, 0) is 23.7 Å². The Morgan fingerprint density at radius 2 is 1.26 bits per heavy atom. The molecule has 19 heteroatoms. The summed E-state index contributed by atoms with van der Waals surface area (Å²) in [4.78, 5) is 0. The summed E-state index contributed by atoms with van der Waals surface area (Å²) < 4.78 is 34.9. The van der Waals surface area contributed by atoms with Crippen LogP contribution in [0.4, 0.5) is 0 Å². The zero-order valence-corrected chi connectivity index (χ0v) is 29.5. The SMILES string of the molecule is CC1OC(OCC2OC(OC3CC4C(OC5CC(CO)C(O)C(O)C5O)CC(O)CC4[OH+]C3C3CCC(O)C(O)C3)C(O)C(O)C2O)C(O)C(O)C1O. The van der Waals surface area contributed by atoms with Crippen molar-refractivity contribution in [2.24, 2.45) is 17.8 Å². The van der Waals surface area contributed by atoms with Gasteiger partial charge in [0.15, 0.2) is 24.8 Å². The summed E-state index contributed by atoms with van der Waals surface area (Å²) in [5, 5.41) is 136. The Morgan fingerprint density at radius 3 is 1.96 bits per heavy atom. The highest BCUT2D eigenvalue weighted by molar-refractivity contribution is 5.01.